The van der Waals surface area contributed by atoms with Gasteiger partial charge in [0.25, 0.3) is 0 Å². The summed E-state index contributed by atoms with van der Waals surface area (Å²) in [7, 11) is -0.612. The fourth-order valence-electron chi connectivity index (χ4n) is 1.30. The van der Waals surface area contributed by atoms with Crippen LogP contribution < -0.4 is 0 Å². The molecule has 0 bridgehead atoms. The topological polar surface area (TPSA) is 61.8 Å². The standard InChI is InChI=1S/C11H17BO5/c1-8(13)15-9(14)6-7-12-16-10(2,3)11(4,5)17-12/h6-7H,1-5H3. The van der Waals surface area contributed by atoms with Gasteiger partial charge in [0.1, 0.15) is 0 Å². The maximum atomic E-state index is 11.1. The van der Waals surface area contributed by atoms with E-state index in [4.69, 9.17) is 9.31 Å². The summed E-state index contributed by atoms with van der Waals surface area (Å²) in [5.41, 5.74) is -0.904. The fraction of sp³-hybridized carbons (Fsp3) is 0.636. The van der Waals surface area contributed by atoms with Gasteiger partial charge < -0.3 is 14.0 Å². The first-order valence-electron chi connectivity index (χ1n) is 5.40. The largest absolute Gasteiger partial charge is 0.487 e. The average Bonchev–Trinajstić information content (AvgIpc) is 2.31. The Bertz CT molecular complexity index is 343. The van der Waals surface area contributed by atoms with Crippen LogP contribution in [0.3, 0.4) is 0 Å². The summed E-state index contributed by atoms with van der Waals surface area (Å²) in [6, 6.07) is 0. The molecule has 1 heterocycles. The van der Waals surface area contributed by atoms with E-state index in [1.54, 1.807) is 0 Å². The second kappa shape index (κ2) is 4.62. The van der Waals surface area contributed by atoms with Crippen LogP contribution in [0.25, 0.3) is 0 Å². The van der Waals surface area contributed by atoms with Crippen molar-refractivity contribution in [2.45, 2.75) is 45.8 Å². The summed E-state index contributed by atoms with van der Waals surface area (Å²) >= 11 is 0. The van der Waals surface area contributed by atoms with Gasteiger partial charge >= 0.3 is 19.1 Å². The molecule has 0 saturated carbocycles. The Kier molecular flexibility index (Phi) is 3.79. The first kappa shape index (κ1) is 13.9. The van der Waals surface area contributed by atoms with Crippen LogP contribution in [0.4, 0.5) is 0 Å². The Balaban J connectivity index is 2.59. The predicted molar refractivity (Wildman–Crippen MR) is 62.0 cm³/mol. The zero-order chi connectivity index (χ0) is 13.3. The quantitative estimate of drug-likeness (QED) is 0.314. The van der Waals surface area contributed by atoms with Crippen molar-refractivity contribution >= 4 is 19.1 Å². The van der Waals surface area contributed by atoms with E-state index >= 15 is 0 Å². The third-order valence-corrected chi connectivity index (χ3v) is 2.91. The van der Waals surface area contributed by atoms with Gasteiger partial charge in [-0.15, -0.1) is 0 Å². The van der Waals surface area contributed by atoms with Crippen molar-refractivity contribution in [2.24, 2.45) is 0 Å². The molecule has 1 aliphatic rings. The van der Waals surface area contributed by atoms with Gasteiger partial charge in [-0.2, -0.15) is 0 Å². The average molecular weight is 240 g/mol. The zero-order valence-electron chi connectivity index (χ0n) is 10.8. The van der Waals surface area contributed by atoms with Crippen LogP contribution in [-0.4, -0.2) is 30.3 Å². The lowest BCUT2D eigenvalue weighted by Crippen LogP contribution is -2.41. The lowest BCUT2D eigenvalue weighted by atomic mass is 9.90. The normalized spacial score (nSPS) is 21.8. The minimum atomic E-state index is -0.729. The molecule has 0 atom stereocenters. The maximum Gasteiger partial charge on any atom is 0.487 e. The van der Waals surface area contributed by atoms with E-state index in [0.29, 0.717) is 0 Å². The van der Waals surface area contributed by atoms with Crippen LogP contribution in [0.2, 0.25) is 0 Å². The third kappa shape index (κ3) is 3.41. The number of carbonyl (C=O) groups is 2. The van der Waals surface area contributed by atoms with Crippen LogP contribution in [-0.2, 0) is 23.6 Å². The first-order chi connectivity index (χ1) is 7.64. The molecule has 0 N–H and O–H groups in total. The molecule has 0 aromatic rings. The van der Waals surface area contributed by atoms with Crippen LogP contribution in [0, 0.1) is 0 Å². The van der Waals surface area contributed by atoms with Crippen LogP contribution in [0.15, 0.2) is 12.1 Å². The van der Waals surface area contributed by atoms with Crippen molar-refractivity contribution in [2.75, 3.05) is 0 Å². The predicted octanol–water partition coefficient (Wildman–Crippen LogP) is 1.26. The molecule has 0 unspecified atom stereocenters. The number of hydrogen-bond acceptors (Lipinski definition) is 5. The lowest BCUT2D eigenvalue weighted by molar-refractivity contribution is -0.154. The second-order valence-corrected chi connectivity index (χ2v) is 4.90. The molecule has 17 heavy (non-hydrogen) atoms. The van der Waals surface area contributed by atoms with Gasteiger partial charge in [0, 0.05) is 13.0 Å². The molecule has 6 heteroatoms. The Hall–Kier alpha value is -1.14. The Morgan fingerprint density at radius 2 is 1.59 bits per heavy atom. The highest BCUT2D eigenvalue weighted by Gasteiger charge is 2.50. The molecule has 5 nitrogen and oxygen atoms in total. The summed E-state index contributed by atoms with van der Waals surface area (Å²) in [6.45, 7) is 8.81. The van der Waals surface area contributed by atoms with Crippen molar-refractivity contribution in [1.29, 1.82) is 0 Å². The Labute approximate surface area is 101 Å². The Morgan fingerprint density at radius 3 is 2.00 bits per heavy atom. The molecule has 1 saturated heterocycles. The van der Waals surface area contributed by atoms with Gasteiger partial charge in [0.15, 0.2) is 0 Å². The molecule has 1 aliphatic heterocycles. The van der Waals surface area contributed by atoms with E-state index in [9.17, 15) is 9.59 Å². The highest BCUT2D eigenvalue weighted by molar-refractivity contribution is 6.52. The lowest BCUT2D eigenvalue weighted by Gasteiger charge is -2.32. The maximum absolute atomic E-state index is 11.1. The molecular formula is C11H17BO5. The summed E-state index contributed by atoms with van der Waals surface area (Å²) in [5.74, 6) is 0.0580. The van der Waals surface area contributed by atoms with Crippen molar-refractivity contribution in [3.63, 3.8) is 0 Å². The smallest absolute Gasteiger partial charge is 0.400 e. The van der Waals surface area contributed by atoms with E-state index in [1.807, 2.05) is 27.7 Å². The number of esters is 2. The summed E-state index contributed by atoms with van der Waals surface area (Å²) in [5, 5.41) is 0. The number of rotatable bonds is 2. The first-order valence-corrected chi connectivity index (χ1v) is 5.40. The van der Waals surface area contributed by atoms with Gasteiger partial charge in [-0.1, -0.05) is 0 Å². The number of hydrogen-bond donors (Lipinski definition) is 0. The molecule has 0 aromatic heterocycles. The van der Waals surface area contributed by atoms with Crippen molar-refractivity contribution < 1.29 is 23.6 Å². The third-order valence-electron chi connectivity index (χ3n) is 2.91. The highest BCUT2D eigenvalue weighted by Crippen LogP contribution is 2.36. The monoisotopic (exact) mass is 240 g/mol. The fourth-order valence-corrected chi connectivity index (χ4v) is 1.30. The van der Waals surface area contributed by atoms with E-state index in [-0.39, 0.29) is 0 Å². The van der Waals surface area contributed by atoms with Crippen LogP contribution in [0.1, 0.15) is 34.6 Å². The van der Waals surface area contributed by atoms with E-state index in [2.05, 4.69) is 4.74 Å². The van der Waals surface area contributed by atoms with Crippen molar-refractivity contribution in [3.8, 4) is 0 Å². The van der Waals surface area contributed by atoms with Gasteiger partial charge in [-0.05, 0) is 33.7 Å². The minimum absolute atomic E-state index is 0.452. The van der Waals surface area contributed by atoms with Crippen LogP contribution >= 0.6 is 0 Å². The molecule has 94 valence electrons. The van der Waals surface area contributed by atoms with Crippen molar-refractivity contribution in [3.05, 3.63) is 12.1 Å². The molecule has 0 aromatic carbocycles. The molecule has 0 aliphatic carbocycles. The highest BCUT2D eigenvalue weighted by atomic mass is 16.7. The minimum Gasteiger partial charge on any atom is -0.400 e. The SMILES string of the molecule is CC(=O)OC(=O)C=CB1OC(C)(C)C(C)(C)O1. The zero-order valence-corrected chi connectivity index (χ0v) is 10.8. The summed E-state index contributed by atoms with van der Waals surface area (Å²) < 4.78 is 15.6. The molecular weight excluding hydrogens is 223 g/mol. The number of carbonyl (C=O) groups excluding carboxylic acids is 2. The second-order valence-electron chi connectivity index (χ2n) is 4.90. The van der Waals surface area contributed by atoms with Crippen molar-refractivity contribution in [1.82, 2.24) is 0 Å². The van der Waals surface area contributed by atoms with Gasteiger partial charge in [-0.3, -0.25) is 4.79 Å². The molecule has 0 radical (unpaired) electrons. The Morgan fingerprint density at radius 1 is 1.12 bits per heavy atom. The summed E-state index contributed by atoms with van der Waals surface area (Å²) in [6.07, 6.45) is 1.13. The van der Waals surface area contributed by atoms with Gasteiger partial charge in [-0.25, -0.2) is 4.79 Å². The van der Waals surface area contributed by atoms with E-state index in [0.717, 1.165) is 6.08 Å². The van der Waals surface area contributed by atoms with Crippen LogP contribution in [0.5, 0.6) is 0 Å². The number of ether oxygens (including phenoxy) is 1. The summed E-state index contributed by atoms with van der Waals surface area (Å²) in [4.78, 5) is 21.6. The molecule has 1 fully saturated rings. The molecule has 0 amide bonds. The van der Waals surface area contributed by atoms with E-state index in [1.165, 1.54) is 12.9 Å². The van der Waals surface area contributed by atoms with E-state index < -0.39 is 30.3 Å². The molecule has 0 spiro atoms. The van der Waals surface area contributed by atoms with Gasteiger partial charge in [0.05, 0.1) is 11.2 Å². The van der Waals surface area contributed by atoms with Gasteiger partial charge in [0.2, 0.25) is 0 Å². The molecule has 1 rings (SSSR count).